The summed E-state index contributed by atoms with van der Waals surface area (Å²) in [5.41, 5.74) is 0.886. The highest BCUT2D eigenvalue weighted by molar-refractivity contribution is 7.86. The molecule has 9 nitrogen and oxygen atoms in total. The van der Waals surface area contributed by atoms with Gasteiger partial charge in [0.05, 0.1) is 6.20 Å². The van der Waals surface area contributed by atoms with Gasteiger partial charge in [0.2, 0.25) is 0 Å². The second kappa shape index (κ2) is 5.63. The van der Waals surface area contributed by atoms with Gasteiger partial charge in [0, 0.05) is 31.5 Å². The van der Waals surface area contributed by atoms with Crippen LogP contribution in [0.2, 0.25) is 0 Å². The average molecular weight is 324 g/mol. The van der Waals surface area contributed by atoms with E-state index in [1.54, 1.807) is 18.5 Å². The molecule has 0 aromatic carbocycles. The minimum atomic E-state index is -3.65. The van der Waals surface area contributed by atoms with Crippen molar-refractivity contribution in [3.63, 3.8) is 0 Å². The average Bonchev–Trinajstić information content (AvgIpc) is 2.91. The molecule has 0 atom stereocenters. The third-order valence-corrected chi connectivity index (χ3v) is 4.76. The summed E-state index contributed by atoms with van der Waals surface area (Å²) in [5, 5.41) is 12.0. The van der Waals surface area contributed by atoms with Crippen LogP contribution in [0.1, 0.15) is 23.2 Å². The molecule has 22 heavy (non-hydrogen) atoms. The lowest BCUT2D eigenvalue weighted by Gasteiger charge is -2.30. The molecule has 1 saturated heterocycles. The number of carbonyl (C=O) groups excluding carboxylic acids is 1. The Bertz CT molecular complexity index is 794. The Morgan fingerprint density at radius 2 is 2.09 bits per heavy atom. The lowest BCUT2D eigenvalue weighted by molar-refractivity contribution is 0.0925. The van der Waals surface area contributed by atoms with Crippen LogP contribution in [0.3, 0.4) is 0 Å². The van der Waals surface area contributed by atoms with Gasteiger partial charge >= 0.3 is 0 Å². The lowest BCUT2D eigenvalue weighted by Crippen LogP contribution is -2.48. The molecule has 1 amide bonds. The number of aromatic nitrogens is 3. The first-order chi connectivity index (χ1) is 10.4. The van der Waals surface area contributed by atoms with Crippen molar-refractivity contribution in [2.45, 2.75) is 18.9 Å². The fourth-order valence-corrected chi connectivity index (χ4v) is 3.22. The molecule has 3 N–H and O–H groups in total. The van der Waals surface area contributed by atoms with E-state index in [9.17, 15) is 13.2 Å². The Morgan fingerprint density at radius 3 is 2.77 bits per heavy atom. The second-order valence-electron chi connectivity index (χ2n) is 5.14. The van der Waals surface area contributed by atoms with Gasteiger partial charge in [-0.3, -0.25) is 4.79 Å². The molecule has 118 valence electrons. The first-order valence-corrected chi connectivity index (χ1v) is 8.32. The lowest BCUT2D eigenvalue weighted by atomic mass is 10.1. The highest BCUT2D eigenvalue weighted by Crippen LogP contribution is 2.14. The van der Waals surface area contributed by atoms with E-state index in [-0.39, 0.29) is 11.9 Å². The van der Waals surface area contributed by atoms with Gasteiger partial charge in [0.25, 0.3) is 16.1 Å². The molecule has 1 aliphatic rings. The number of amides is 1. The Kier molecular flexibility index (Phi) is 3.81. The highest BCUT2D eigenvalue weighted by Gasteiger charge is 2.27. The summed E-state index contributed by atoms with van der Waals surface area (Å²) in [4.78, 5) is 16.4. The second-order valence-corrected chi connectivity index (χ2v) is 6.68. The number of piperidine rings is 1. The summed E-state index contributed by atoms with van der Waals surface area (Å²) in [6, 6.07) is 1.63. The number of hydrogen-bond acceptors (Lipinski definition) is 5. The topological polar surface area (TPSA) is 123 Å². The molecule has 0 aliphatic carbocycles. The molecule has 0 unspecified atom stereocenters. The molecular weight excluding hydrogens is 308 g/mol. The molecule has 0 bridgehead atoms. The number of hydrogen-bond donors (Lipinski definition) is 2. The van der Waals surface area contributed by atoms with Crippen LogP contribution in [0.15, 0.2) is 24.7 Å². The zero-order chi connectivity index (χ0) is 15.7. The molecular formula is C12H16N6O3S. The summed E-state index contributed by atoms with van der Waals surface area (Å²) >= 11 is 0. The third-order valence-electron chi connectivity index (χ3n) is 3.67. The number of carbonyl (C=O) groups is 1. The summed E-state index contributed by atoms with van der Waals surface area (Å²) in [5.74, 6) is -0.261. The fourth-order valence-electron chi connectivity index (χ4n) is 2.51. The summed E-state index contributed by atoms with van der Waals surface area (Å²) < 4.78 is 25.2. The number of nitrogens with zero attached hydrogens (tertiary/aromatic N) is 4. The van der Waals surface area contributed by atoms with E-state index in [2.05, 4.69) is 15.4 Å². The summed E-state index contributed by atoms with van der Waals surface area (Å²) in [6.07, 6.45) is 5.82. The van der Waals surface area contributed by atoms with E-state index in [0.29, 0.717) is 37.1 Å². The van der Waals surface area contributed by atoms with Crippen molar-refractivity contribution in [1.29, 1.82) is 0 Å². The first-order valence-electron chi connectivity index (χ1n) is 6.82. The van der Waals surface area contributed by atoms with Gasteiger partial charge in [-0.05, 0) is 18.9 Å². The predicted octanol–water partition coefficient (Wildman–Crippen LogP) is -0.873. The Hall–Kier alpha value is -2.04. The normalized spacial score (nSPS) is 17.7. The maximum atomic E-state index is 12.3. The van der Waals surface area contributed by atoms with E-state index < -0.39 is 10.2 Å². The van der Waals surface area contributed by atoms with E-state index in [1.165, 1.54) is 15.0 Å². The standard InChI is InChI=1S/C12H16N6O3S/c13-22(20,21)17-6-2-9(3-7-17)16-12(19)10-8-15-18-5-1-4-14-11(10)18/h1,4-5,8-9H,2-3,6-7H2,(H,16,19)(H2,13,20,21). The van der Waals surface area contributed by atoms with Crippen LogP contribution in [-0.4, -0.2) is 52.4 Å². The van der Waals surface area contributed by atoms with Crippen LogP contribution in [-0.2, 0) is 10.2 Å². The van der Waals surface area contributed by atoms with Crippen molar-refractivity contribution in [2.75, 3.05) is 13.1 Å². The van der Waals surface area contributed by atoms with Crippen molar-refractivity contribution < 1.29 is 13.2 Å². The molecule has 2 aromatic rings. The Labute approximate surface area is 127 Å². The molecule has 3 rings (SSSR count). The van der Waals surface area contributed by atoms with Gasteiger partial charge in [0.15, 0.2) is 5.65 Å². The Morgan fingerprint density at radius 1 is 1.36 bits per heavy atom. The summed E-state index contributed by atoms with van der Waals surface area (Å²) in [7, 11) is -3.65. The van der Waals surface area contributed by atoms with Gasteiger partial charge in [-0.15, -0.1) is 0 Å². The van der Waals surface area contributed by atoms with E-state index >= 15 is 0 Å². The molecule has 3 heterocycles. The monoisotopic (exact) mass is 324 g/mol. The van der Waals surface area contributed by atoms with E-state index in [4.69, 9.17) is 5.14 Å². The number of fused-ring (bicyclic) bond motifs is 1. The zero-order valence-corrected chi connectivity index (χ0v) is 12.5. The molecule has 0 radical (unpaired) electrons. The maximum Gasteiger partial charge on any atom is 0.276 e. The first kappa shape index (κ1) is 14.9. The SMILES string of the molecule is NS(=O)(=O)N1CCC(NC(=O)c2cnn3cccnc23)CC1. The minimum Gasteiger partial charge on any atom is -0.349 e. The highest BCUT2D eigenvalue weighted by atomic mass is 32.2. The van der Waals surface area contributed by atoms with Crippen molar-refractivity contribution >= 4 is 21.8 Å². The molecule has 1 aliphatic heterocycles. The largest absolute Gasteiger partial charge is 0.349 e. The molecule has 1 fully saturated rings. The van der Waals surface area contributed by atoms with Crippen molar-refractivity contribution in [3.8, 4) is 0 Å². The third kappa shape index (κ3) is 2.93. The molecule has 0 saturated carbocycles. The Balaban J connectivity index is 1.66. The molecule has 2 aromatic heterocycles. The van der Waals surface area contributed by atoms with Crippen LogP contribution >= 0.6 is 0 Å². The van der Waals surface area contributed by atoms with Gasteiger partial charge in [-0.25, -0.2) is 14.6 Å². The van der Waals surface area contributed by atoms with Crippen LogP contribution in [0, 0.1) is 0 Å². The van der Waals surface area contributed by atoms with Crippen molar-refractivity contribution in [3.05, 3.63) is 30.2 Å². The summed E-state index contributed by atoms with van der Waals surface area (Å²) in [6.45, 7) is 0.605. The molecule has 0 spiro atoms. The minimum absolute atomic E-state index is 0.0934. The van der Waals surface area contributed by atoms with Crippen molar-refractivity contribution in [2.24, 2.45) is 5.14 Å². The smallest absolute Gasteiger partial charge is 0.276 e. The number of nitrogens with one attached hydrogen (secondary N) is 1. The van der Waals surface area contributed by atoms with Crippen LogP contribution < -0.4 is 10.5 Å². The van der Waals surface area contributed by atoms with Crippen molar-refractivity contribution in [1.82, 2.24) is 24.2 Å². The number of nitrogens with two attached hydrogens (primary N) is 1. The van der Waals surface area contributed by atoms with Crippen LogP contribution in [0.25, 0.3) is 5.65 Å². The predicted molar refractivity (Wildman–Crippen MR) is 78.2 cm³/mol. The quantitative estimate of drug-likeness (QED) is 0.759. The van der Waals surface area contributed by atoms with Gasteiger partial charge in [0.1, 0.15) is 5.56 Å². The van der Waals surface area contributed by atoms with Gasteiger partial charge < -0.3 is 5.32 Å². The van der Waals surface area contributed by atoms with Gasteiger partial charge in [-0.1, -0.05) is 0 Å². The molecule has 10 heteroatoms. The fraction of sp³-hybridized carbons (Fsp3) is 0.417. The number of rotatable bonds is 3. The van der Waals surface area contributed by atoms with E-state index in [0.717, 1.165) is 0 Å². The van der Waals surface area contributed by atoms with E-state index in [1.807, 2.05) is 0 Å². The van der Waals surface area contributed by atoms with Gasteiger partial charge in [-0.2, -0.15) is 17.8 Å². The maximum absolute atomic E-state index is 12.3. The zero-order valence-electron chi connectivity index (χ0n) is 11.7. The van der Waals surface area contributed by atoms with Crippen LogP contribution in [0.5, 0.6) is 0 Å². The van der Waals surface area contributed by atoms with Crippen LogP contribution in [0.4, 0.5) is 0 Å².